The van der Waals surface area contributed by atoms with Gasteiger partial charge in [-0.2, -0.15) is 8.42 Å². The zero-order valence-corrected chi connectivity index (χ0v) is 13.9. The first-order chi connectivity index (χ1) is 12.1. The van der Waals surface area contributed by atoms with Crippen LogP contribution in [0.3, 0.4) is 0 Å². The molecular formula is C18H15N3O3S. The maximum absolute atomic E-state index is 12.4. The van der Waals surface area contributed by atoms with Crippen LogP contribution in [0.1, 0.15) is 10.4 Å². The normalized spacial score (nSPS) is 10.9. The first-order valence-corrected chi connectivity index (χ1v) is 8.93. The van der Waals surface area contributed by atoms with Gasteiger partial charge >= 0.3 is 10.0 Å². The molecule has 0 amide bonds. The molecule has 0 aliphatic heterocycles. The molecule has 0 unspecified atom stereocenters. The Hall–Kier alpha value is -3.19. The predicted molar refractivity (Wildman–Crippen MR) is 97.3 cm³/mol. The van der Waals surface area contributed by atoms with Crippen molar-refractivity contribution >= 4 is 32.2 Å². The summed E-state index contributed by atoms with van der Waals surface area (Å²) in [6.45, 7) is 0. The van der Waals surface area contributed by atoms with Crippen LogP contribution in [0.2, 0.25) is 0 Å². The third-order valence-corrected chi connectivity index (χ3v) is 4.58. The zero-order valence-electron chi connectivity index (χ0n) is 13.1. The van der Waals surface area contributed by atoms with E-state index in [1.165, 1.54) is 24.5 Å². The van der Waals surface area contributed by atoms with Crippen LogP contribution in [-0.4, -0.2) is 18.5 Å². The summed E-state index contributed by atoms with van der Waals surface area (Å²) >= 11 is 0. The van der Waals surface area contributed by atoms with Crippen molar-refractivity contribution < 1.29 is 13.2 Å². The van der Waals surface area contributed by atoms with Crippen molar-refractivity contribution in [2.24, 2.45) is 0 Å². The van der Waals surface area contributed by atoms with E-state index >= 15 is 0 Å². The zero-order chi connectivity index (χ0) is 17.7. The number of para-hydroxylation sites is 1. The lowest BCUT2D eigenvalue weighted by Crippen LogP contribution is -2.23. The maximum Gasteiger partial charge on any atom is 0.300 e. The summed E-state index contributed by atoms with van der Waals surface area (Å²) in [7, 11) is -4.25. The molecule has 0 aliphatic carbocycles. The molecule has 0 aliphatic rings. The Morgan fingerprint density at radius 3 is 2.16 bits per heavy atom. The van der Waals surface area contributed by atoms with Gasteiger partial charge in [0.1, 0.15) is 0 Å². The Labute approximate surface area is 145 Å². The van der Waals surface area contributed by atoms with Crippen molar-refractivity contribution in [2.45, 2.75) is 0 Å². The van der Waals surface area contributed by atoms with Crippen molar-refractivity contribution in [2.75, 3.05) is 10.0 Å². The van der Waals surface area contributed by atoms with Gasteiger partial charge < -0.3 is 5.32 Å². The quantitative estimate of drug-likeness (QED) is 0.734. The molecular weight excluding hydrogens is 338 g/mol. The van der Waals surface area contributed by atoms with Crippen LogP contribution in [0, 0.1) is 0 Å². The number of carbonyl (C=O) groups excluding carboxylic acids is 1. The Bertz CT molecular complexity index is 975. The molecule has 0 spiro atoms. The average Bonchev–Trinajstić information content (AvgIpc) is 2.64. The number of pyridine rings is 1. The van der Waals surface area contributed by atoms with Crippen molar-refractivity contribution in [1.29, 1.82) is 0 Å². The molecule has 2 aromatic carbocycles. The summed E-state index contributed by atoms with van der Waals surface area (Å²) in [6.07, 6.45) is 2.88. The number of benzene rings is 2. The molecule has 1 heterocycles. The van der Waals surface area contributed by atoms with Gasteiger partial charge in [0.2, 0.25) is 0 Å². The topological polar surface area (TPSA) is 88.2 Å². The molecule has 0 atom stereocenters. The fourth-order valence-corrected chi connectivity index (χ4v) is 3.17. The summed E-state index contributed by atoms with van der Waals surface area (Å²) in [4.78, 5) is 16.2. The molecule has 3 rings (SSSR count). The Morgan fingerprint density at radius 1 is 0.840 bits per heavy atom. The van der Waals surface area contributed by atoms with E-state index in [1.54, 1.807) is 24.3 Å². The lowest BCUT2D eigenvalue weighted by atomic mass is 10.2. The van der Waals surface area contributed by atoms with E-state index in [-0.39, 0.29) is 11.3 Å². The number of rotatable bonds is 5. The average molecular weight is 353 g/mol. The van der Waals surface area contributed by atoms with Gasteiger partial charge in [-0.25, -0.2) is 0 Å². The number of nitrogens with zero attached hydrogens (tertiary/aromatic N) is 1. The monoisotopic (exact) mass is 353 g/mol. The van der Waals surface area contributed by atoms with E-state index in [0.717, 1.165) is 5.69 Å². The van der Waals surface area contributed by atoms with E-state index in [4.69, 9.17) is 0 Å². The summed E-state index contributed by atoms with van der Waals surface area (Å²) in [6, 6.07) is 18.7. The fourth-order valence-electron chi connectivity index (χ4n) is 2.18. The van der Waals surface area contributed by atoms with Crippen LogP contribution < -0.4 is 10.0 Å². The molecule has 7 heteroatoms. The number of carbonyl (C=O) groups is 1. The van der Waals surface area contributed by atoms with Crippen molar-refractivity contribution in [3.8, 4) is 0 Å². The van der Waals surface area contributed by atoms with E-state index in [1.807, 2.05) is 30.3 Å². The Morgan fingerprint density at radius 2 is 1.48 bits per heavy atom. The van der Waals surface area contributed by atoms with Crippen LogP contribution in [0.4, 0.5) is 17.1 Å². The van der Waals surface area contributed by atoms with Crippen molar-refractivity contribution in [1.82, 2.24) is 4.98 Å². The molecule has 126 valence electrons. The van der Waals surface area contributed by atoms with E-state index in [0.29, 0.717) is 5.69 Å². The highest BCUT2D eigenvalue weighted by Gasteiger charge is 2.24. The third kappa shape index (κ3) is 4.02. The number of aromatic nitrogens is 1. The highest BCUT2D eigenvalue weighted by atomic mass is 32.2. The van der Waals surface area contributed by atoms with Gasteiger partial charge in [-0.3, -0.25) is 14.5 Å². The largest absolute Gasteiger partial charge is 0.354 e. The second-order valence-corrected chi connectivity index (χ2v) is 6.75. The van der Waals surface area contributed by atoms with Gasteiger partial charge in [0, 0.05) is 17.4 Å². The molecule has 0 radical (unpaired) electrons. The molecule has 25 heavy (non-hydrogen) atoms. The molecule has 0 fully saturated rings. The minimum atomic E-state index is -4.25. The Balaban J connectivity index is 1.86. The smallest absolute Gasteiger partial charge is 0.300 e. The minimum absolute atomic E-state index is 0.0939. The standard InChI is InChI=1S/C18H15N3O3S/c22-18(14-7-3-1-4-8-14)25(23,24)21-17-13-19-12-11-16(17)20-15-9-5-2-6-10-15/h1-13,21H,(H,19,20). The molecule has 0 saturated heterocycles. The van der Waals surface area contributed by atoms with Gasteiger partial charge in [-0.05, 0) is 18.2 Å². The number of nitrogens with one attached hydrogen (secondary N) is 2. The first kappa shape index (κ1) is 16.7. The summed E-state index contributed by atoms with van der Waals surface area (Å²) in [5, 5.41) is 2.10. The SMILES string of the molecule is O=C(c1ccccc1)S(=O)(=O)Nc1cnccc1Nc1ccccc1. The van der Waals surface area contributed by atoms with E-state index in [2.05, 4.69) is 15.0 Å². The summed E-state index contributed by atoms with van der Waals surface area (Å²) < 4.78 is 27.1. The van der Waals surface area contributed by atoms with Crippen LogP contribution in [0.25, 0.3) is 0 Å². The van der Waals surface area contributed by atoms with Gasteiger partial charge in [-0.15, -0.1) is 0 Å². The predicted octanol–water partition coefficient (Wildman–Crippen LogP) is 3.41. The maximum atomic E-state index is 12.4. The number of hydrogen-bond acceptors (Lipinski definition) is 5. The molecule has 6 nitrogen and oxygen atoms in total. The lowest BCUT2D eigenvalue weighted by molar-refractivity contribution is 0.107. The summed E-state index contributed by atoms with van der Waals surface area (Å²) in [5.74, 6) is 0. The lowest BCUT2D eigenvalue weighted by Gasteiger charge is -2.13. The van der Waals surface area contributed by atoms with E-state index < -0.39 is 15.1 Å². The number of hydrogen-bond donors (Lipinski definition) is 2. The number of anilines is 3. The van der Waals surface area contributed by atoms with Crippen LogP contribution in [0.15, 0.2) is 79.1 Å². The van der Waals surface area contributed by atoms with Gasteiger partial charge in [0.05, 0.1) is 17.6 Å². The van der Waals surface area contributed by atoms with Crippen LogP contribution in [0.5, 0.6) is 0 Å². The molecule has 3 aromatic rings. The third-order valence-electron chi connectivity index (χ3n) is 3.37. The second-order valence-electron chi connectivity index (χ2n) is 5.17. The van der Waals surface area contributed by atoms with Crippen molar-refractivity contribution in [3.05, 3.63) is 84.7 Å². The van der Waals surface area contributed by atoms with E-state index in [9.17, 15) is 13.2 Å². The fraction of sp³-hybridized carbons (Fsp3) is 0. The number of sulfonamides is 1. The molecule has 0 bridgehead atoms. The van der Waals surface area contributed by atoms with Crippen molar-refractivity contribution in [3.63, 3.8) is 0 Å². The first-order valence-electron chi connectivity index (χ1n) is 7.44. The van der Waals surface area contributed by atoms with Crippen LogP contribution >= 0.6 is 0 Å². The molecule has 1 aromatic heterocycles. The summed E-state index contributed by atoms with van der Waals surface area (Å²) in [5.41, 5.74) is 1.56. The highest BCUT2D eigenvalue weighted by Crippen LogP contribution is 2.25. The second kappa shape index (κ2) is 7.14. The Kier molecular flexibility index (Phi) is 4.76. The van der Waals surface area contributed by atoms with Gasteiger partial charge in [0.25, 0.3) is 5.12 Å². The van der Waals surface area contributed by atoms with Crippen LogP contribution in [-0.2, 0) is 10.0 Å². The van der Waals surface area contributed by atoms with Gasteiger partial charge in [-0.1, -0.05) is 48.5 Å². The molecule has 0 saturated carbocycles. The molecule has 2 N–H and O–H groups in total. The van der Waals surface area contributed by atoms with Gasteiger partial charge in [0.15, 0.2) is 0 Å². The minimum Gasteiger partial charge on any atom is -0.354 e. The highest BCUT2D eigenvalue weighted by molar-refractivity contribution is 8.07.